The summed E-state index contributed by atoms with van der Waals surface area (Å²) in [6, 6.07) is 0.182. The monoisotopic (exact) mass is 235 g/mol. The van der Waals surface area contributed by atoms with Crippen molar-refractivity contribution in [3.8, 4) is 0 Å². The standard InChI is InChI=1S/C14H25N3/c1-4-11-5-7-12(8-6-11)14(15)13-9-17(3)16-10(13)2/h9,11-12,14H,4-8,15H2,1-3H3. The highest BCUT2D eigenvalue weighted by Gasteiger charge is 2.27. The highest BCUT2D eigenvalue weighted by atomic mass is 15.2. The Balaban J connectivity index is 2.01. The Kier molecular flexibility index (Phi) is 3.87. The third-order valence-electron chi connectivity index (χ3n) is 4.39. The highest BCUT2D eigenvalue weighted by Crippen LogP contribution is 2.37. The molecule has 0 aliphatic heterocycles. The maximum absolute atomic E-state index is 6.42. The minimum atomic E-state index is 0.182. The van der Waals surface area contributed by atoms with Gasteiger partial charge in [0.2, 0.25) is 0 Å². The molecular formula is C14H25N3. The molecular weight excluding hydrogens is 210 g/mol. The van der Waals surface area contributed by atoms with E-state index in [2.05, 4.69) is 25.1 Å². The lowest BCUT2D eigenvalue weighted by Gasteiger charge is -2.31. The summed E-state index contributed by atoms with van der Waals surface area (Å²) in [5.74, 6) is 1.59. The molecule has 96 valence electrons. The average Bonchev–Trinajstić information content (AvgIpc) is 2.68. The van der Waals surface area contributed by atoms with Gasteiger partial charge in [0.25, 0.3) is 0 Å². The van der Waals surface area contributed by atoms with Crippen molar-refractivity contribution in [1.82, 2.24) is 9.78 Å². The Labute approximate surface area is 104 Å². The van der Waals surface area contributed by atoms with Gasteiger partial charge in [-0.3, -0.25) is 4.68 Å². The van der Waals surface area contributed by atoms with Crippen molar-refractivity contribution in [3.63, 3.8) is 0 Å². The van der Waals surface area contributed by atoms with Crippen LogP contribution in [0.2, 0.25) is 0 Å². The van der Waals surface area contributed by atoms with Gasteiger partial charge in [-0.2, -0.15) is 5.10 Å². The third-order valence-corrected chi connectivity index (χ3v) is 4.39. The fraction of sp³-hybridized carbons (Fsp3) is 0.786. The molecule has 2 N–H and O–H groups in total. The Morgan fingerprint density at radius 1 is 1.41 bits per heavy atom. The zero-order chi connectivity index (χ0) is 12.4. The number of rotatable bonds is 3. The van der Waals surface area contributed by atoms with Gasteiger partial charge in [-0.25, -0.2) is 0 Å². The van der Waals surface area contributed by atoms with Crippen molar-refractivity contribution in [2.24, 2.45) is 24.6 Å². The van der Waals surface area contributed by atoms with E-state index < -0.39 is 0 Å². The normalized spacial score (nSPS) is 27.1. The second-order valence-corrected chi connectivity index (χ2v) is 5.56. The SMILES string of the molecule is CCC1CCC(C(N)c2cn(C)nc2C)CC1. The molecule has 1 aromatic rings. The first kappa shape index (κ1) is 12.6. The van der Waals surface area contributed by atoms with Gasteiger partial charge in [-0.1, -0.05) is 26.2 Å². The summed E-state index contributed by atoms with van der Waals surface area (Å²) in [5, 5.41) is 4.39. The summed E-state index contributed by atoms with van der Waals surface area (Å²) < 4.78 is 1.88. The van der Waals surface area contributed by atoms with Crippen molar-refractivity contribution in [3.05, 3.63) is 17.5 Å². The van der Waals surface area contributed by atoms with Crippen LogP contribution < -0.4 is 5.73 Å². The van der Waals surface area contributed by atoms with E-state index in [0.717, 1.165) is 11.6 Å². The van der Waals surface area contributed by atoms with Gasteiger partial charge in [0, 0.05) is 24.8 Å². The quantitative estimate of drug-likeness (QED) is 0.875. The molecule has 2 rings (SSSR count). The Morgan fingerprint density at radius 3 is 2.53 bits per heavy atom. The van der Waals surface area contributed by atoms with Crippen LogP contribution in [-0.4, -0.2) is 9.78 Å². The number of nitrogens with two attached hydrogens (primary N) is 1. The largest absolute Gasteiger partial charge is 0.324 e. The first-order chi connectivity index (χ1) is 8.11. The van der Waals surface area contributed by atoms with Gasteiger partial charge in [-0.15, -0.1) is 0 Å². The molecule has 0 saturated heterocycles. The van der Waals surface area contributed by atoms with E-state index >= 15 is 0 Å². The fourth-order valence-corrected chi connectivity index (χ4v) is 3.15. The van der Waals surface area contributed by atoms with Crippen molar-refractivity contribution in [1.29, 1.82) is 0 Å². The molecule has 1 aliphatic carbocycles. The van der Waals surface area contributed by atoms with Crippen molar-refractivity contribution >= 4 is 0 Å². The summed E-state index contributed by atoms with van der Waals surface area (Å²) in [4.78, 5) is 0. The summed E-state index contributed by atoms with van der Waals surface area (Å²) in [5.41, 5.74) is 8.76. The van der Waals surface area contributed by atoms with E-state index in [0.29, 0.717) is 5.92 Å². The molecule has 1 aromatic heterocycles. The smallest absolute Gasteiger partial charge is 0.0641 e. The molecule has 0 bridgehead atoms. The van der Waals surface area contributed by atoms with Crippen LogP contribution in [0, 0.1) is 18.8 Å². The second-order valence-electron chi connectivity index (χ2n) is 5.56. The van der Waals surface area contributed by atoms with Crippen LogP contribution in [0.4, 0.5) is 0 Å². The minimum Gasteiger partial charge on any atom is -0.324 e. The number of hydrogen-bond donors (Lipinski definition) is 1. The number of aryl methyl sites for hydroxylation is 2. The number of aromatic nitrogens is 2. The predicted octanol–water partition coefficient (Wildman–Crippen LogP) is 2.94. The lowest BCUT2D eigenvalue weighted by atomic mass is 9.76. The van der Waals surface area contributed by atoms with Crippen LogP contribution in [0.5, 0.6) is 0 Å². The molecule has 0 amide bonds. The van der Waals surface area contributed by atoms with E-state index in [-0.39, 0.29) is 6.04 Å². The van der Waals surface area contributed by atoms with E-state index in [1.54, 1.807) is 0 Å². The van der Waals surface area contributed by atoms with Crippen molar-refractivity contribution < 1.29 is 0 Å². The van der Waals surface area contributed by atoms with Crippen molar-refractivity contribution in [2.45, 2.75) is 52.0 Å². The molecule has 17 heavy (non-hydrogen) atoms. The maximum atomic E-state index is 6.42. The van der Waals surface area contributed by atoms with E-state index in [9.17, 15) is 0 Å². The molecule has 3 heteroatoms. The van der Waals surface area contributed by atoms with Crippen LogP contribution in [-0.2, 0) is 7.05 Å². The summed E-state index contributed by atoms with van der Waals surface area (Å²) >= 11 is 0. The second kappa shape index (κ2) is 5.21. The van der Waals surface area contributed by atoms with Crippen molar-refractivity contribution in [2.75, 3.05) is 0 Å². The Bertz CT molecular complexity index is 362. The Morgan fingerprint density at radius 2 is 2.06 bits per heavy atom. The summed E-state index contributed by atoms with van der Waals surface area (Å²) in [7, 11) is 1.97. The molecule has 1 atom stereocenters. The summed E-state index contributed by atoms with van der Waals surface area (Å²) in [6.07, 6.45) is 8.70. The van der Waals surface area contributed by atoms with Gasteiger partial charge in [-0.05, 0) is 31.6 Å². The van der Waals surface area contributed by atoms with Gasteiger partial charge in [0.15, 0.2) is 0 Å². The molecule has 1 unspecified atom stereocenters. The Hall–Kier alpha value is -0.830. The molecule has 0 radical (unpaired) electrons. The van der Waals surface area contributed by atoms with Gasteiger partial charge >= 0.3 is 0 Å². The first-order valence-electron chi connectivity index (χ1n) is 6.87. The van der Waals surface area contributed by atoms with E-state index in [1.807, 2.05) is 11.7 Å². The molecule has 1 fully saturated rings. The van der Waals surface area contributed by atoms with Crippen LogP contribution >= 0.6 is 0 Å². The number of hydrogen-bond acceptors (Lipinski definition) is 2. The van der Waals surface area contributed by atoms with Crippen LogP contribution in [0.1, 0.15) is 56.3 Å². The average molecular weight is 235 g/mol. The van der Waals surface area contributed by atoms with E-state index in [4.69, 9.17) is 5.73 Å². The fourth-order valence-electron chi connectivity index (χ4n) is 3.15. The van der Waals surface area contributed by atoms with Gasteiger partial charge in [0.1, 0.15) is 0 Å². The minimum absolute atomic E-state index is 0.182. The zero-order valence-electron chi connectivity index (χ0n) is 11.3. The van der Waals surface area contributed by atoms with Gasteiger partial charge in [0.05, 0.1) is 5.69 Å². The predicted molar refractivity (Wildman–Crippen MR) is 70.6 cm³/mol. The molecule has 1 saturated carbocycles. The lowest BCUT2D eigenvalue weighted by Crippen LogP contribution is -2.26. The van der Waals surface area contributed by atoms with Gasteiger partial charge < -0.3 is 5.73 Å². The molecule has 0 spiro atoms. The summed E-state index contributed by atoms with van der Waals surface area (Å²) in [6.45, 7) is 4.36. The topological polar surface area (TPSA) is 43.8 Å². The first-order valence-corrected chi connectivity index (χ1v) is 6.87. The lowest BCUT2D eigenvalue weighted by molar-refractivity contribution is 0.239. The van der Waals surface area contributed by atoms with Crippen LogP contribution in [0.3, 0.4) is 0 Å². The molecule has 1 aliphatic rings. The number of nitrogens with zero attached hydrogens (tertiary/aromatic N) is 2. The maximum Gasteiger partial charge on any atom is 0.0641 e. The van der Waals surface area contributed by atoms with E-state index in [1.165, 1.54) is 37.7 Å². The van der Waals surface area contributed by atoms with Crippen LogP contribution in [0.15, 0.2) is 6.20 Å². The molecule has 0 aromatic carbocycles. The third kappa shape index (κ3) is 2.71. The van der Waals surface area contributed by atoms with Crippen LogP contribution in [0.25, 0.3) is 0 Å². The molecule has 3 nitrogen and oxygen atoms in total. The highest BCUT2D eigenvalue weighted by molar-refractivity contribution is 5.20. The molecule has 1 heterocycles. The zero-order valence-corrected chi connectivity index (χ0v) is 11.3.